The van der Waals surface area contributed by atoms with E-state index in [0.29, 0.717) is 6.42 Å². The zero-order valence-corrected chi connectivity index (χ0v) is 11.3. The molecule has 0 N–H and O–H groups in total. The van der Waals surface area contributed by atoms with Gasteiger partial charge in [0, 0.05) is 13.0 Å². The molecule has 3 rings (SSSR count). The molecule has 2 fully saturated rings. The van der Waals surface area contributed by atoms with Crippen LogP contribution in [0.2, 0.25) is 0 Å². The number of rotatable bonds is 3. The number of benzene rings is 1. The van der Waals surface area contributed by atoms with Crippen LogP contribution in [-0.2, 0) is 4.79 Å². The Morgan fingerprint density at radius 3 is 2.42 bits per heavy atom. The SMILES string of the molecule is O=C1CCN(c2ccccc2)N1CN1CCCCC1. The van der Waals surface area contributed by atoms with Crippen molar-refractivity contribution >= 4 is 11.6 Å². The molecule has 19 heavy (non-hydrogen) atoms. The predicted molar refractivity (Wildman–Crippen MR) is 75.5 cm³/mol. The minimum atomic E-state index is 0.245. The highest BCUT2D eigenvalue weighted by Crippen LogP contribution is 2.23. The Kier molecular flexibility index (Phi) is 3.69. The number of hydrogen-bond donors (Lipinski definition) is 0. The van der Waals surface area contributed by atoms with Gasteiger partial charge in [-0.15, -0.1) is 0 Å². The fourth-order valence-electron chi connectivity index (χ4n) is 2.90. The van der Waals surface area contributed by atoms with Gasteiger partial charge in [-0.2, -0.15) is 0 Å². The molecule has 0 unspecified atom stereocenters. The second kappa shape index (κ2) is 5.61. The fraction of sp³-hybridized carbons (Fsp3) is 0.533. The van der Waals surface area contributed by atoms with E-state index in [9.17, 15) is 4.79 Å². The number of hydrazine groups is 1. The van der Waals surface area contributed by atoms with Crippen LogP contribution in [0, 0.1) is 0 Å². The van der Waals surface area contributed by atoms with Gasteiger partial charge in [0.15, 0.2) is 0 Å². The van der Waals surface area contributed by atoms with Crippen LogP contribution in [0.3, 0.4) is 0 Å². The van der Waals surface area contributed by atoms with Crippen molar-refractivity contribution in [3.05, 3.63) is 30.3 Å². The van der Waals surface area contributed by atoms with Crippen LogP contribution in [0.4, 0.5) is 5.69 Å². The molecule has 1 amide bonds. The maximum Gasteiger partial charge on any atom is 0.244 e. The number of carbonyl (C=O) groups is 1. The summed E-state index contributed by atoms with van der Waals surface area (Å²) in [5, 5.41) is 4.04. The van der Waals surface area contributed by atoms with E-state index in [0.717, 1.165) is 32.0 Å². The molecule has 2 heterocycles. The highest BCUT2D eigenvalue weighted by molar-refractivity contribution is 5.81. The predicted octanol–water partition coefficient (Wildman–Crippen LogP) is 2.08. The molecule has 4 heteroatoms. The van der Waals surface area contributed by atoms with Gasteiger partial charge in [-0.1, -0.05) is 24.6 Å². The van der Waals surface area contributed by atoms with Crippen LogP contribution in [0.5, 0.6) is 0 Å². The molecule has 0 aromatic heterocycles. The van der Waals surface area contributed by atoms with Crippen molar-refractivity contribution in [2.45, 2.75) is 25.7 Å². The summed E-state index contributed by atoms with van der Waals surface area (Å²) in [7, 11) is 0. The number of hydrogen-bond acceptors (Lipinski definition) is 3. The van der Waals surface area contributed by atoms with Crippen molar-refractivity contribution in [2.24, 2.45) is 0 Å². The van der Waals surface area contributed by atoms with E-state index in [1.165, 1.54) is 19.3 Å². The average Bonchev–Trinajstić information content (AvgIpc) is 2.82. The fourth-order valence-corrected chi connectivity index (χ4v) is 2.90. The number of likely N-dealkylation sites (tertiary alicyclic amines) is 1. The summed E-state index contributed by atoms with van der Waals surface area (Å²) in [5.74, 6) is 0.245. The van der Waals surface area contributed by atoms with Crippen molar-refractivity contribution in [2.75, 3.05) is 31.3 Å². The molecule has 4 nitrogen and oxygen atoms in total. The summed E-state index contributed by atoms with van der Waals surface area (Å²) < 4.78 is 0. The van der Waals surface area contributed by atoms with Gasteiger partial charge in [-0.3, -0.25) is 14.7 Å². The van der Waals surface area contributed by atoms with Crippen LogP contribution in [-0.4, -0.2) is 42.1 Å². The lowest BCUT2D eigenvalue weighted by Crippen LogP contribution is -2.47. The number of carbonyl (C=O) groups excluding carboxylic acids is 1. The van der Waals surface area contributed by atoms with Crippen LogP contribution in [0.15, 0.2) is 30.3 Å². The van der Waals surface area contributed by atoms with E-state index in [-0.39, 0.29) is 5.91 Å². The van der Waals surface area contributed by atoms with Crippen LogP contribution < -0.4 is 5.01 Å². The van der Waals surface area contributed by atoms with Crippen molar-refractivity contribution in [3.8, 4) is 0 Å². The van der Waals surface area contributed by atoms with E-state index in [1.54, 1.807) is 0 Å². The molecule has 0 aliphatic carbocycles. The average molecular weight is 259 g/mol. The zero-order valence-electron chi connectivity index (χ0n) is 11.3. The molecule has 102 valence electrons. The van der Waals surface area contributed by atoms with Gasteiger partial charge in [-0.25, -0.2) is 5.01 Å². The largest absolute Gasteiger partial charge is 0.284 e. The molecule has 0 bridgehead atoms. The molecule has 2 saturated heterocycles. The molecule has 2 aliphatic heterocycles. The molecule has 0 atom stereocenters. The van der Waals surface area contributed by atoms with Gasteiger partial charge in [0.1, 0.15) is 0 Å². The van der Waals surface area contributed by atoms with Crippen LogP contribution >= 0.6 is 0 Å². The number of para-hydroxylation sites is 1. The summed E-state index contributed by atoms with van der Waals surface area (Å²) in [6.07, 6.45) is 4.47. The lowest BCUT2D eigenvalue weighted by atomic mass is 10.1. The number of anilines is 1. The second-order valence-electron chi connectivity index (χ2n) is 5.32. The van der Waals surface area contributed by atoms with E-state index < -0.39 is 0 Å². The van der Waals surface area contributed by atoms with Gasteiger partial charge in [-0.05, 0) is 38.1 Å². The first-order chi connectivity index (χ1) is 9.34. The van der Waals surface area contributed by atoms with Crippen molar-refractivity contribution < 1.29 is 4.79 Å². The van der Waals surface area contributed by atoms with Crippen molar-refractivity contribution in [1.82, 2.24) is 9.91 Å². The number of nitrogens with zero attached hydrogens (tertiary/aromatic N) is 3. The first-order valence-electron chi connectivity index (χ1n) is 7.20. The van der Waals surface area contributed by atoms with E-state index in [4.69, 9.17) is 0 Å². The third-order valence-electron chi connectivity index (χ3n) is 3.95. The highest BCUT2D eigenvalue weighted by atomic mass is 16.2. The Morgan fingerprint density at radius 2 is 1.68 bits per heavy atom. The smallest absolute Gasteiger partial charge is 0.244 e. The lowest BCUT2D eigenvalue weighted by molar-refractivity contribution is -0.130. The van der Waals surface area contributed by atoms with Gasteiger partial charge in [0.2, 0.25) is 5.91 Å². The summed E-state index contributed by atoms with van der Waals surface area (Å²) >= 11 is 0. The molecule has 1 aromatic rings. The van der Waals surface area contributed by atoms with Gasteiger partial charge in [0.25, 0.3) is 0 Å². The quantitative estimate of drug-likeness (QED) is 0.831. The topological polar surface area (TPSA) is 26.8 Å². The Balaban J connectivity index is 1.71. The maximum atomic E-state index is 12.1. The summed E-state index contributed by atoms with van der Waals surface area (Å²) in [6.45, 7) is 3.78. The Labute approximate surface area is 114 Å². The minimum Gasteiger partial charge on any atom is -0.284 e. The third-order valence-corrected chi connectivity index (χ3v) is 3.95. The number of amides is 1. The summed E-state index contributed by atoms with van der Waals surface area (Å²) in [5.41, 5.74) is 1.12. The first-order valence-corrected chi connectivity index (χ1v) is 7.20. The van der Waals surface area contributed by atoms with E-state index in [1.807, 2.05) is 23.2 Å². The van der Waals surface area contributed by atoms with E-state index in [2.05, 4.69) is 22.0 Å². The highest BCUT2D eigenvalue weighted by Gasteiger charge is 2.30. The van der Waals surface area contributed by atoms with Gasteiger partial charge < -0.3 is 0 Å². The monoisotopic (exact) mass is 259 g/mol. The number of piperidine rings is 1. The molecule has 2 aliphatic rings. The molecular weight excluding hydrogens is 238 g/mol. The minimum absolute atomic E-state index is 0.245. The normalized spacial score (nSPS) is 21.2. The summed E-state index contributed by atoms with van der Waals surface area (Å²) in [6, 6.07) is 10.2. The summed E-state index contributed by atoms with van der Waals surface area (Å²) in [4.78, 5) is 14.5. The Hall–Kier alpha value is -1.55. The molecule has 0 spiro atoms. The first kappa shape index (κ1) is 12.5. The Bertz CT molecular complexity index is 428. The standard InChI is InChI=1S/C15H21N3O/c19-15-9-12-17(14-7-3-1-4-8-14)18(15)13-16-10-5-2-6-11-16/h1,3-4,7-8H,2,5-6,9-13H2. The molecule has 1 aromatic carbocycles. The van der Waals surface area contributed by atoms with Crippen molar-refractivity contribution in [1.29, 1.82) is 0 Å². The molecule has 0 radical (unpaired) electrons. The van der Waals surface area contributed by atoms with Crippen LogP contribution in [0.1, 0.15) is 25.7 Å². The van der Waals surface area contributed by atoms with Crippen molar-refractivity contribution in [3.63, 3.8) is 0 Å². The molecule has 0 saturated carbocycles. The lowest BCUT2D eigenvalue weighted by Gasteiger charge is -2.36. The Morgan fingerprint density at radius 1 is 0.947 bits per heavy atom. The third kappa shape index (κ3) is 2.73. The maximum absolute atomic E-state index is 12.1. The van der Waals surface area contributed by atoms with Crippen LogP contribution in [0.25, 0.3) is 0 Å². The zero-order chi connectivity index (χ0) is 13.1. The molecular formula is C15H21N3O. The van der Waals surface area contributed by atoms with E-state index >= 15 is 0 Å². The van der Waals surface area contributed by atoms with Gasteiger partial charge >= 0.3 is 0 Å². The second-order valence-corrected chi connectivity index (χ2v) is 5.32. The van der Waals surface area contributed by atoms with Gasteiger partial charge in [0.05, 0.1) is 12.4 Å².